The number of nitrogens with zero attached hydrogens (tertiary/aromatic N) is 1. The lowest BCUT2D eigenvalue weighted by molar-refractivity contribution is -0.385. The van der Waals surface area contributed by atoms with Gasteiger partial charge in [-0.15, -0.1) is 0 Å². The van der Waals surface area contributed by atoms with Crippen molar-refractivity contribution < 1.29 is 9.66 Å². The van der Waals surface area contributed by atoms with E-state index in [0.29, 0.717) is 18.5 Å². The van der Waals surface area contributed by atoms with Gasteiger partial charge in [-0.2, -0.15) is 0 Å². The molecule has 0 radical (unpaired) electrons. The van der Waals surface area contributed by atoms with Gasteiger partial charge < -0.3 is 10.1 Å². The predicted molar refractivity (Wildman–Crippen MR) is 86.0 cm³/mol. The van der Waals surface area contributed by atoms with Crippen molar-refractivity contribution in [2.24, 2.45) is 0 Å². The van der Waals surface area contributed by atoms with Crippen LogP contribution in [0.1, 0.15) is 5.56 Å². The molecule has 0 fully saturated rings. The molecule has 5 nitrogen and oxygen atoms in total. The fourth-order valence-corrected chi connectivity index (χ4v) is 2.41. The van der Waals surface area contributed by atoms with Crippen LogP contribution in [0.2, 0.25) is 0 Å². The van der Waals surface area contributed by atoms with Crippen molar-refractivity contribution in [2.75, 3.05) is 19.0 Å². The van der Waals surface area contributed by atoms with Gasteiger partial charge in [0, 0.05) is 22.6 Å². The molecule has 0 aromatic heterocycles. The summed E-state index contributed by atoms with van der Waals surface area (Å²) >= 11 is 3.41. The summed E-state index contributed by atoms with van der Waals surface area (Å²) in [7, 11) is 1.61. The number of nitro groups is 1. The van der Waals surface area contributed by atoms with Crippen molar-refractivity contribution in [2.45, 2.75) is 6.42 Å². The molecule has 110 valence electrons. The van der Waals surface area contributed by atoms with Gasteiger partial charge in [0.1, 0.15) is 5.75 Å². The first kappa shape index (κ1) is 15.3. The SMILES string of the molecule is COc1ccc(Br)cc1NCCc1ccccc1[N+](=O)[O-]. The number of hydrogen-bond acceptors (Lipinski definition) is 4. The number of anilines is 1. The molecular formula is C15H15BrN2O3. The average Bonchev–Trinajstić information content (AvgIpc) is 2.48. The summed E-state index contributed by atoms with van der Waals surface area (Å²) in [6, 6.07) is 12.4. The maximum absolute atomic E-state index is 11.0. The van der Waals surface area contributed by atoms with Crippen molar-refractivity contribution in [1.82, 2.24) is 0 Å². The van der Waals surface area contributed by atoms with E-state index in [0.717, 1.165) is 15.9 Å². The standard InChI is InChI=1S/C15H15BrN2O3/c1-21-15-7-6-12(16)10-13(15)17-9-8-11-4-2-3-5-14(11)18(19)20/h2-7,10,17H,8-9H2,1H3. The minimum atomic E-state index is -0.352. The summed E-state index contributed by atoms with van der Waals surface area (Å²) in [6.45, 7) is 0.581. The first-order valence-corrected chi connectivity index (χ1v) is 7.21. The second-order valence-electron chi connectivity index (χ2n) is 4.41. The summed E-state index contributed by atoms with van der Waals surface area (Å²) in [6.07, 6.45) is 0.562. The highest BCUT2D eigenvalue weighted by Crippen LogP contribution is 2.28. The number of nitro benzene ring substituents is 1. The van der Waals surface area contributed by atoms with E-state index in [-0.39, 0.29) is 10.6 Å². The van der Waals surface area contributed by atoms with Crippen LogP contribution in [-0.4, -0.2) is 18.6 Å². The van der Waals surface area contributed by atoms with Crippen LogP contribution in [0.4, 0.5) is 11.4 Å². The Morgan fingerprint density at radius 3 is 2.76 bits per heavy atom. The minimum absolute atomic E-state index is 0.153. The van der Waals surface area contributed by atoms with E-state index < -0.39 is 0 Å². The largest absolute Gasteiger partial charge is 0.495 e. The van der Waals surface area contributed by atoms with Gasteiger partial charge >= 0.3 is 0 Å². The molecule has 0 saturated heterocycles. The molecule has 0 saturated carbocycles. The lowest BCUT2D eigenvalue weighted by Gasteiger charge is -2.11. The van der Waals surface area contributed by atoms with E-state index in [2.05, 4.69) is 21.2 Å². The lowest BCUT2D eigenvalue weighted by Crippen LogP contribution is -2.07. The normalized spacial score (nSPS) is 10.2. The predicted octanol–water partition coefficient (Wildman–Crippen LogP) is 4.02. The van der Waals surface area contributed by atoms with E-state index in [1.807, 2.05) is 24.3 Å². The Labute approximate surface area is 131 Å². The molecule has 0 aliphatic heterocycles. The third-order valence-corrected chi connectivity index (χ3v) is 3.55. The highest BCUT2D eigenvalue weighted by atomic mass is 79.9. The number of rotatable bonds is 6. The molecule has 0 atom stereocenters. The minimum Gasteiger partial charge on any atom is -0.495 e. The van der Waals surface area contributed by atoms with E-state index in [9.17, 15) is 10.1 Å². The second kappa shape index (κ2) is 7.08. The number of para-hydroxylation sites is 1. The van der Waals surface area contributed by atoms with Gasteiger partial charge in [-0.25, -0.2) is 0 Å². The van der Waals surface area contributed by atoms with Crippen molar-refractivity contribution in [1.29, 1.82) is 0 Å². The van der Waals surface area contributed by atoms with Crippen molar-refractivity contribution >= 4 is 27.3 Å². The van der Waals surface area contributed by atoms with Crippen LogP contribution in [0.5, 0.6) is 5.75 Å². The maximum Gasteiger partial charge on any atom is 0.272 e. The van der Waals surface area contributed by atoms with Crippen LogP contribution >= 0.6 is 15.9 Å². The topological polar surface area (TPSA) is 64.4 Å². The van der Waals surface area contributed by atoms with Crippen LogP contribution in [0.3, 0.4) is 0 Å². The Bertz CT molecular complexity index is 647. The van der Waals surface area contributed by atoms with E-state index in [4.69, 9.17) is 4.74 Å². The highest BCUT2D eigenvalue weighted by Gasteiger charge is 2.12. The van der Waals surface area contributed by atoms with Crippen LogP contribution in [0.25, 0.3) is 0 Å². The molecular weight excluding hydrogens is 336 g/mol. The molecule has 0 unspecified atom stereocenters. The van der Waals surface area contributed by atoms with Gasteiger partial charge in [-0.1, -0.05) is 34.1 Å². The summed E-state index contributed by atoms with van der Waals surface area (Å²) in [4.78, 5) is 10.6. The molecule has 0 heterocycles. The molecule has 0 aliphatic carbocycles. The van der Waals surface area contributed by atoms with Gasteiger partial charge in [0.25, 0.3) is 5.69 Å². The third kappa shape index (κ3) is 3.95. The fourth-order valence-electron chi connectivity index (χ4n) is 2.05. The van der Waals surface area contributed by atoms with Crippen molar-refractivity contribution in [3.63, 3.8) is 0 Å². The average molecular weight is 351 g/mol. The smallest absolute Gasteiger partial charge is 0.272 e. The number of benzene rings is 2. The van der Waals surface area contributed by atoms with Gasteiger partial charge in [0.2, 0.25) is 0 Å². The molecule has 2 rings (SSSR count). The Morgan fingerprint density at radius 2 is 2.05 bits per heavy atom. The molecule has 0 amide bonds. The van der Waals surface area contributed by atoms with E-state index in [1.165, 1.54) is 6.07 Å². The van der Waals surface area contributed by atoms with Gasteiger partial charge in [0.15, 0.2) is 0 Å². The third-order valence-electron chi connectivity index (χ3n) is 3.06. The number of hydrogen-bond donors (Lipinski definition) is 1. The fraction of sp³-hybridized carbons (Fsp3) is 0.200. The molecule has 2 aromatic carbocycles. The summed E-state index contributed by atoms with van der Waals surface area (Å²) < 4.78 is 6.21. The van der Waals surface area contributed by atoms with Crippen LogP contribution in [-0.2, 0) is 6.42 Å². The van der Waals surface area contributed by atoms with Gasteiger partial charge in [-0.05, 0) is 24.6 Å². The van der Waals surface area contributed by atoms with E-state index in [1.54, 1.807) is 19.2 Å². The van der Waals surface area contributed by atoms with Crippen LogP contribution < -0.4 is 10.1 Å². The summed E-state index contributed by atoms with van der Waals surface area (Å²) in [5, 5.41) is 14.2. The zero-order valence-electron chi connectivity index (χ0n) is 11.5. The molecule has 1 N–H and O–H groups in total. The quantitative estimate of drug-likeness (QED) is 0.631. The maximum atomic E-state index is 11.0. The lowest BCUT2D eigenvalue weighted by atomic mass is 10.1. The Hall–Kier alpha value is -2.08. The Morgan fingerprint density at radius 1 is 1.29 bits per heavy atom. The first-order valence-electron chi connectivity index (χ1n) is 6.41. The van der Waals surface area contributed by atoms with Crippen LogP contribution in [0, 0.1) is 10.1 Å². The first-order chi connectivity index (χ1) is 10.1. The Balaban J connectivity index is 2.05. The number of halogens is 1. The molecule has 0 aliphatic rings. The molecule has 0 spiro atoms. The number of methoxy groups -OCH3 is 1. The van der Waals surface area contributed by atoms with Gasteiger partial charge in [-0.3, -0.25) is 10.1 Å². The molecule has 21 heavy (non-hydrogen) atoms. The monoisotopic (exact) mass is 350 g/mol. The van der Waals surface area contributed by atoms with Crippen molar-refractivity contribution in [3.05, 3.63) is 62.6 Å². The zero-order chi connectivity index (χ0) is 15.2. The molecule has 2 aromatic rings. The number of ether oxygens (including phenoxy) is 1. The Kier molecular flexibility index (Phi) is 5.16. The zero-order valence-corrected chi connectivity index (χ0v) is 13.1. The molecule has 0 bridgehead atoms. The van der Waals surface area contributed by atoms with Crippen LogP contribution in [0.15, 0.2) is 46.9 Å². The van der Waals surface area contributed by atoms with Crippen molar-refractivity contribution in [3.8, 4) is 5.75 Å². The van der Waals surface area contributed by atoms with Gasteiger partial charge in [0.05, 0.1) is 17.7 Å². The van der Waals surface area contributed by atoms with E-state index >= 15 is 0 Å². The second-order valence-corrected chi connectivity index (χ2v) is 5.32. The molecule has 6 heteroatoms. The summed E-state index contributed by atoms with van der Waals surface area (Å²) in [5.41, 5.74) is 1.72. The number of nitrogens with one attached hydrogen (secondary N) is 1. The highest BCUT2D eigenvalue weighted by molar-refractivity contribution is 9.10. The summed E-state index contributed by atoms with van der Waals surface area (Å²) in [5.74, 6) is 0.737.